The number of amides is 3. The van der Waals surface area contributed by atoms with E-state index in [1.54, 1.807) is 22.6 Å². The maximum Gasteiger partial charge on any atom is 0.407 e. The number of nitrogens with zero attached hydrogens (tertiary/aromatic N) is 5. The summed E-state index contributed by atoms with van der Waals surface area (Å²) < 4.78 is 21.3. The number of likely N-dealkylation sites (tertiary alicyclic amines) is 1. The van der Waals surface area contributed by atoms with Crippen LogP contribution in [-0.2, 0) is 20.9 Å². The second-order valence-corrected chi connectivity index (χ2v) is 12.5. The van der Waals surface area contributed by atoms with Crippen molar-refractivity contribution in [3.05, 3.63) is 29.8 Å². The van der Waals surface area contributed by atoms with Crippen molar-refractivity contribution in [3.63, 3.8) is 0 Å². The third kappa shape index (κ3) is 7.38. The molecular weight excluding hydrogens is 545 g/mol. The molecule has 1 fully saturated rings. The lowest BCUT2D eigenvalue weighted by atomic mass is 9.74. The van der Waals surface area contributed by atoms with Gasteiger partial charge >= 0.3 is 6.09 Å². The van der Waals surface area contributed by atoms with Crippen molar-refractivity contribution in [1.29, 1.82) is 0 Å². The average Bonchev–Trinajstić information content (AvgIpc) is 3.28. The lowest BCUT2D eigenvalue weighted by molar-refractivity contribution is -0.177. The van der Waals surface area contributed by atoms with Crippen LogP contribution in [0.1, 0.15) is 64.5 Å². The Morgan fingerprint density at radius 3 is 2.45 bits per heavy atom. The van der Waals surface area contributed by atoms with Crippen molar-refractivity contribution < 1.29 is 33.5 Å². The Labute approximate surface area is 247 Å². The number of carboxylic acid groups (broad SMARTS) is 1. The minimum absolute atomic E-state index is 0.0126. The fourth-order valence-electron chi connectivity index (χ4n) is 6.01. The molecule has 0 radical (unpaired) electrons. The van der Waals surface area contributed by atoms with Crippen LogP contribution in [0, 0.1) is 23.1 Å². The summed E-state index contributed by atoms with van der Waals surface area (Å²) in [6.07, 6.45) is 0.518. The molecule has 42 heavy (non-hydrogen) atoms. The molecule has 3 rings (SSSR count). The largest absolute Gasteiger partial charge is 0.465 e. The van der Waals surface area contributed by atoms with Gasteiger partial charge in [-0.3, -0.25) is 14.4 Å². The number of carbonyl (C=O) groups is 3. The predicted octanol–water partition coefficient (Wildman–Crippen LogP) is 4.50. The summed E-state index contributed by atoms with van der Waals surface area (Å²) in [7, 11) is 4.49. The Hall–Kier alpha value is -3.25. The molecular formula is C30H46FN5O6. The van der Waals surface area contributed by atoms with Crippen LogP contribution in [0.2, 0.25) is 0 Å². The second kappa shape index (κ2) is 13.8. The van der Waals surface area contributed by atoms with Crippen LogP contribution in [0.25, 0.3) is 11.0 Å². The summed E-state index contributed by atoms with van der Waals surface area (Å²) in [6, 6.07) is 3.01. The number of ether oxygens (including phenoxy) is 1. The molecule has 234 valence electrons. The molecule has 2 aromatic rings. The van der Waals surface area contributed by atoms with Crippen molar-refractivity contribution in [1.82, 2.24) is 24.4 Å². The quantitative estimate of drug-likeness (QED) is 0.302. The molecule has 0 bridgehead atoms. The molecule has 1 N–H and O–H groups in total. The Bertz CT molecular complexity index is 1260. The van der Waals surface area contributed by atoms with Crippen molar-refractivity contribution in [2.24, 2.45) is 17.3 Å². The van der Waals surface area contributed by atoms with E-state index in [4.69, 9.17) is 9.57 Å². The Balaban J connectivity index is 2.17. The average molecular weight is 592 g/mol. The summed E-state index contributed by atoms with van der Waals surface area (Å²) in [5.74, 6) is -1.71. The summed E-state index contributed by atoms with van der Waals surface area (Å²) in [5.41, 5.74) is 0.440. The minimum Gasteiger partial charge on any atom is -0.465 e. The van der Waals surface area contributed by atoms with E-state index in [9.17, 15) is 23.9 Å². The molecule has 11 nitrogen and oxygen atoms in total. The van der Waals surface area contributed by atoms with Gasteiger partial charge < -0.3 is 24.2 Å². The molecule has 0 saturated carbocycles. The molecule has 1 aromatic heterocycles. The maximum absolute atomic E-state index is 14.6. The number of piperidine rings is 1. The summed E-state index contributed by atoms with van der Waals surface area (Å²) >= 11 is 0. The van der Waals surface area contributed by atoms with Gasteiger partial charge in [0.1, 0.15) is 5.82 Å². The van der Waals surface area contributed by atoms with Crippen LogP contribution in [0.4, 0.5) is 9.18 Å². The SMILES string of the molecule is COCCCCn1c(C(=O)N(CC(C)C)[C@H]2C[C@@H](C(=O)N(C)OC)CN(C(=O)O)C2C(C)(C)C)nc2ccc(F)cc21. The number of hydrogen-bond donors (Lipinski definition) is 1. The van der Waals surface area contributed by atoms with Crippen molar-refractivity contribution in [2.45, 2.75) is 72.5 Å². The molecule has 0 aliphatic carbocycles. The Kier molecular flexibility index (Phi) is 10.9. The topological polar surface area (TPSA) is 117 Å². The molecule has 3 atom stereocenters. The zero-order valence-corrected chi connectivity index (χ0v) is 26.1. The van der Waals surface area contributed by atoms with E-state index in [1.807, 2.05) is 34.6 Å². The number of hydroxylamine groups is 2. The standard InChI is InChI=1S/C30H46FN5O6/c1-19(2)17-35(24-15-20(27(37)33(6)42-8)18-36(29(39)40)25(24)30(3,4)5)28(38)26-32-22-12-11-21(31)16-23(22)34(26)13-9-10-14-41-7/h11-12,16,19-20,24-25H,9-10,13-15,17-18H2,1-8H3,(H,39,40)/t20-,24+,25?/m1/s1. The first-order valence-electron chi connectivity index (χ1n) is 14.5. The third-order valence-electron chi connectivity index (χ3n) is 7.81. The number of fused-ring (bicyclic) bond motifs is 1. The molecule has 3 amide bonds. The van der Waals surface area contributed by atoms with E-state index in [-0.39, 0.29) is 36.5 Å². The van der Waals surface area contributed by atoms with E-state index >= 15 is 0 Å². The monoisotopic (exact) mass is 591 g/mol. The highest BCUT2D eigenvalue weighted by atomic mass is 19.1. The lowest BCUT2D eigenvalue weighted by Gasteiger charge is -2.52. The van der Waals surface area contributed by atoms with Gasteiger partial charge in [-0.25, -0.2) is 19.2 Å². The zero-order valence-electron chi connectivity index (χ0n) is 26.1. The number of aromatic nitrogens is 2. The molecule has 1 aliphatic heterocycles. The molecule has 0 spiro atoms. The molecule has 1 unspecified atom stereocenters. The van der Waals surface area contributed by atoms with Gasteiger partial charge in [0.25, 0.3) is 11.8 Å². The van der Waals surface area contributed by atoms with Gasteiger partial charge in [0.2, 0.25) is 0 Å². The van der Waals surface area contributed by atoms with E-state index < -0.39 is 35.3 Å². The van der Waals surface area contributed by atoms with Crippen LogP contribution in [0.5, 0.6) is 0 Å². The number of imidazole rings is 1. The smallest absolute Gasteiger partial charge is 0.407 e. The minimum atomic E-state index is -1.16. The van der Waals surface area contributed by atoms with Crippen molar-refractivity contribution >= 4 is 28.9 Å². The fraction of sp³-hybridized carbons (Fsp3) is 0.667. The first-order chi connectivity index (χ1) is 19.7. The Morgan fingerprint density at radius 1 is 1.19 bits per heavy atom. The molecule has 1 aliphatic rings. The first kappa shape index (κ1) is 33.3. The summed E-state index contributed by atoms with van der Waals surface area (Å²) in [6.45, 7) is 11.1. The molecule has 12 heteroatoms. The highest BCUT2D eigenvalue weighted by molar-refractivity contribution is 5.95. The van der Waals surface area contributed by atoms with Gasteiger partial charge in [-0.15, -0.1) is 0 Å². The molecule has 2 heterocycles. The summed E-state index contributed by atoms with van der Waals surface area (Å²) in [4.78, 5) is 53.3. The van der Waals surface area contributed by atoms with E-state index in [2.05, 4.69) is 4.98 Å². The number of halogens is 1. The third-order valence-corrected chi connectivity index (χ3v) is 7.81. The van der Waals surface area contributed by atoms with Crippen molar-refractivity contribution in [3.8, 4) is 0 Å². The number of aryl methyl sites for hydroxylation is 1. The highest BCUT2D eigenvalue weighted by Gasteiger charge is 2.50. The number of benzene rings is 1. The second-order valence-electron chi connectivity index (χ2n) is 12.5. The maximum atomic E-state index is 14.6. The van der Waals surface area contributed by atoms with Gasteiger partial charge in [0.15, 0.2) is 5.82 Å². The van der Waals surface area contributed by atoms with Crippen LogP contribution in [0.3, 0.4) is 0 Å². The fourth-order valence-corrected chi connectivity index (χ4v) is 6.01. The van der Waals surface area contributed by atoms with E-state index in [0.717, 1.165) is 11.5 Å². The van der Waals surface area contributed by atoms with Gasteiger partial charge in [-0.05, 0) is 48.8 Å². The van der Waals surface area contributed by atoms with Crippen LogP contribution < -0.4 is 0 Å². The molecule has 1 aromatic carbocycles. The van der Waals surface area contributed by atoms with Crippen LogP contribution in [-0.4, -0.2) is 100 Å². The van der Waals surface area contributed by atoms with Gasteiger partial charge in [0.05, 0.1) is 36.1 Å². The summed E-state index contributed by atoms with van der Waals surface area (Å²) in [5, 5.41) is 11.4. The number of rotatable bonds is 11. The first-order valence-corrected chi connectivity index (χ1v) is 14.5. The van der Waals surface area contributed by atoms with Gasteiger partial charge in [-0.2, -0.15) is 0 Å². The predicted molar refractivity (Wildman–Crippen MR) is 156 cm³/mol. The van der Waals surface area contributed by atoms with Gasteiger partial charge in [-0.1, -0.05) is 34.6 Å². The highest BCUT2D eigenvalue weighted by Crippen LogP contribution is 2.38. The van der Waals surface area contributed by atoms with Crippen molar-refractivity contribution in [2.75, 3.05) is 41.0 Å². The number of carbonyl (C=O) groups excluding carboxylic acids is 2. The number of unbranched alkanes of at least 4 members (excludes halogenated alkanes) is 1. The van der Waals surface area contributed by atoms with Gasteiger partial charge in [0, 0.05) is 40.4 Å². The number of methoxy groups -OCH3 is 1. The normalized spacial score (nSPS) is 19.4. The number of hydrogen-bond acceptors (Lipinski definition) is 6. The van der Waals surface area contributed by atoms with Crippen LogP contribution in [0.15, 0.2) is 18.2 Å². The Morgan fingerprint density at radius 2 is 1.88 bits per heavy atom. The lowest BCUT2D eigenvalue weighted by Crippen LogP contribution is -2.66. The zero-order chi connectivity index (χ0) is 31.4. The van der Waals surface area contributed by atoms with E-state index in [1.165, 1.54) is 31.2 Å². The van der Waals surface area contributed by atoms with E-state index in [0.29, 0.717) is 37.2 Å². The molecule has 1 saturated heterocycles. The van der Waals surface area contributed by atoms with Crippen LogP contribution >= 0.6 is 0 Å².